The largest absolute Gasteiger partial charge is 0.348 e. The number of amides is 2. The summed E-state index contributed by atoms with van der Waals surface area (Å²) in [4.78, 5) is 29.6. The molecule has 4 aromatic rings. The molecular formula is C30H23FN2O2S. The van der Waals surface area contributed by atoms with Crippen molar-refractivity contribution in [1.82, 2.24) is 5.32 Å². The van der Waals surface area contributed by atoms with Crippen LogP contribution in [0.25, 0.3) is 6.08 Å². The van der Waals surface area contributed by atoms with Crippen molar-refractivity contribution in [3.8, 4) is 0 Å². The first kappa shape index (κ1) is 23.6. The van der Waals surface area contributed by atoms with Crippen molar-refractivity contribution in [2.24, 2.45) is 0 Å². The highest BCUT2D eigenvalue weighted by molar-refractivity contribution is 8.04. The molecule has 178 valence electrons. The Kier molecular flexibility index (Phi) is 6.96. The molecule has 0 aliphatic carbocycles. The second kappa shape index (κ2) is 10.6. The van der Waals surface area contributed by atoms with E-state index in [2.05, 4.69) is 5.32 Å². The van der Waals surface area contributed by atoms with Gasteiger partial charge in [-0.05, 0) is 53.1 Å². The number of hydrogen-bond donors (Lipinski definition) is 1. The van der Waals surface area contributed by atoms with Crippen molar-refractivity contribution >= 4 is 35.3 Å². The molecule has 0 unspecified atom stereocenters. The monoisotopic (exact) mass is 494 g/mol. The van der Waals surface area contributed by atoms with Gasteiger partial charge in [-0.2, -0.15) is 0 Å². The molecule has 0 atom stereocenters. The first-order chi connectivity index (χ1) is 17.6. The van der Waals surface area contributed by atoms with Gasteiger partial charge in [0.1, 0.15) is 5.82 Å². The standard InChI is InChI=1S/C30H23FN2O2S/c31-25-14-11-23(12-15-25)20-33-26-18-24(29(34)32-19-22-9-5-2-6-10-22)13-16-27(26)36-28(30(33)35)17-21-7-3-1-4-8-21/h1-18H,19-20H2,(H,32,34)/b28-17-. The minimum absolute atomic E-state index is 0.164. The highest BCUT2D eigenvalue weighted by atomic mass is 32.2. The van der Waals surface area contributed by atoms with Crippen molar-refractivity contribution in [3.05, 3.63) is 136 Å². The van der Waals surface area contributed by atoms with Crippen LogP contribution in [0.3, 0.4) is 0 Å². The average Bonchev–Trinajstić information content (AvgIpc) is 2.91. The third kappa shape index (κ3) is 5.39. The van der Waals surface area contributed by atoms with E-state index in [9.17, 15) is 14.0 Å². The van der Waals surface area contributed by atoms with Crippen LogP contribution in [-0.2, 0) is 17.9 Å². The molecule has 0 aromatic heterocycles. The summed E-state index contributed by atoms with van der Waals surface area (Å²) in [6, 6.07) is 30.9. The number of carbonyl (C=O) groups excluding carboxylic acids is 2. The molecular weight excluding hydrogens is 471 g/mol. The molecule has 0 saturated heterocycles. The zero-order valence-corrected chi connectivity index (χ0v) is 20.2. The van der Waals surface area contributed by atoms with Crippen LogP contribution < -0.4 is 10.2 Å². The fraction of sp³-hybridized carbons (Fsp3) is 0.0667. The molecule has 2 amide bonds. The average molecular weight is 495 g/mol. The Hall–Kier alpha value is -4.16. The van der Waals surface area contributed by atoms with Crippen molar-refractivity contribution in [3.63, 3.8) is 0 Å². The number of benzene rings is 4. The van der Waals surface area contributed by atoms with Crippen molar-refractivity contribution in [1.29, 1.82) is 0 Å². The molecule has 0 radical (unpaired) electrons. The van der Waals surface area contributed by atoms with E-state index in [1.807, 2.05) is 72.8 Å². The summed E-state index contributed by atoms with van der Waals surface area (Å²) < 4.78 is 13.5. The Morgan fingerprint density at radius 3 is 2.28 bits per heavy atom. The Bertz CT molecular complexity index is 1420. The zero-order chi connectivity index (χ0) is 24.9. The molecule has 4 nitrogen and oxygen atoms in total. The molecule has 0 spiro atoms. The number of halogens is 1. The molecule has 0 fully saturated rings. The van der Waals surface area contributed by atoms with Gasteiger partial charge >= 0.3 is 0 Å². The maximum atomic E-state index is 13.6. The molecule has 1 aliphatic heterocycles. The molecule has 1 N–H and O–H groups in total. The second-order valence-corrected chi connectivity index (χ2v) is 9.47. The lowest BCUT2D eigenvalue weighted by molar-refractivity contribution is -0.114. The van der Waals surface area contributed by atoms with E-state index in [0.29, 0.717) is 22.7 Å². The number of thioether (sulfide) groups is 1. The maximum Gasteiger partial charge on any atom is 0.265 e. The molecule has 5 rings (SSSR count). The summed E-state index contributed by atoms with van der Waals surface area (Å²) >= 11 is 1.39. The van der Waals surface area contributed by atoms with Gasteiger partial charge < -0.3 is 10.2 Å². The molecule has 36 heavy (non-hydrogen) atoms. The second-order valence-electron chi connectivity index (χ2n) is 8.39. The first-order valence-electron chi connectivity index (χ1n) is 11.5. The predicted molar refractivity (Wildman–Crippen MR) is 142 cm³/mol. The van der Waals surface area contributed by atoms with Gasteiger partial charge in [0, 0.05) is 17.0 Å². The summed E-state index contributed by atoms with van der Waals surface area (Å²) in [5.41, 5.74) is 3.85. The lowest BCUT2D eigenvalue weighted by atomic mass is 10.1. The zero-order valence-electron chi connectivity index (χ0n) is 19.4. The number of hydrogen-bond acceptors (Lipinski definition) is 3. The normalized spacial score (nSPS) is 14.0. The van der Waals surface area contributed by atoms with Crippen LogP contribution in [0.2, 0.25) is 0 Å². The minimum Gasteiger partial charge on any atom is -0.348 e. The first-order valence-corrected chi connectivity index (χ1v) is 12.4. The van der Waals surface area contributed by atoms with Crippen LogP contribution in [0, 0.1) is 5.82 Å². The number of fused-ring (bicyclic) bond motifs is 1. The fourth-order valence-electron chi connectivity index (χ4n) is 3.96. The Balaban J connectivity index is 1.47. The smallest absolute Gasteiger partial charge is 0.265 e. The van der Waals surface area contributed by atoms with Gasteiger partial charge in [0.15, 0.2) is 0 Å². The van der Waals surface area contributed by atoms with E-state index < -0.39 is 0 Å². The van der Waals surface area contributed by atoms with E-state index in [1.54, 1.807) is 29.2 Å². The minimum atomic E-state index is -0.332. The van der Waals surface area contributed by atoms with Crippen LogP contribution in [-0.4, -0.2) is 11.8 Å². The molecule has 0 bridgehead atoms. The number of nitrogens with zero attached hydrogens (tertiary/aromatic N) is 1. The SMILES string of the molecule is O=C(NCc1ccccc1)c1ccc2c(c1)N(Cc1ccc(F)cc1)C(=O)/C(=C/c1ccccc1)S2. The Morgan fingerprint density at radius 1 is 0.861 bits per heavy atom. The Labute approximate surface area is 213 Å². The maximum absolute atomic E-state index is 13.6. The van der Waals surface area contributed by atoms with Gasteiger partial charge in [-0.3, -0.25) is 9.59 Å². The summed E-state index contributed by atoms with van der Waals surface area (Å²) in [6.45, 7) is 0.668. The Morgan fingerprint density at radius 2 is 1.56 bits per heavy atom. The third-order valence-electron chi connectivity index (χ3n) is 5.83. The van der Waals surface area contributed by atoms with Gasteiger partial charge in [-0.15, -0.1) is 0 Å². The van der Waals surface area contributed by atoms with Crippen LogP contribution in [0.4, 0.5) is 10.1 Å². The summed E-state index contributed by atoms with van der Waals surface area (Å²) in [5, 5.41) is 2.94. The van der Waals surface area contributed by atoms with Crippen LogP contribution in [0.15, 0.2) is 113 Å². The van der Waals surface area contributed by atoms with E-state index in [-0.39, 0.29) is 24.2 Å². The van der Waals surface area contributed by atoms with E-state index >= 15 is 0 Å². The molecule has 4 aromatic carbocycles. The van der Waals surface area contributed by atoms with Crippen molar-refractivity contribution in [2.45, 2.75) is 18.0 Å². The molecule has 1 heterocycles. The van der Waals surface area contributed by atoms with E-state index in [1.165, 1.54) is 23.9 Å². The molecule has 0 saturated carbocycles. The number of nitrogens with one attached hydrogen (secondary N) is 1. The highest BCUT2D eigenvalue weighted by Gasteiger charge is 2.30. The summed E-state index contributed by atoms with van der Waals surface area (Å²) in [5.74, 6) is -0.712. The van der Waals surface area contributed by atoms with Gasteiger partial charge in [-0.25, -0.2) is 4.39 Å². The number of rotatable bonds is 6. The lowest BCUT2D eigenvalue weighted by Crippen LogP contribution is -2.34. The van der Waals surface area contributed by atoms with Gasteiger partial charge in [0.25, 0.3) is 11.8 Å². The van der Waals surface area contributed by atoms with Crippen LogP contribution in [0.1, 0.15) is 27.0 Å². The van der Waals surface area contributed by atoms with Crippen molar-refractivity contribution in [2.75, 3.05) is 4.90 Å². The number of anilines is 1. The summed E-state index contributed by atoms with van der Waals surface area (Å²) in [7, 11) is 0. The number of carbonyl (C=O) groups is 2. The lowest BCUT2D eigenvalue weighted by Gasteiger charge is -2.31. The predicted octanol–water partition coefficient (Wildman–Crippen LogP) is 6.44. The topological polar surface area (TPSA) is 49.4 Å². The van der Waals surface area contributed by atoms with Gasteiger partial charge in [-0.1, -0.05) is 84.6 Å². The quantitative estimate of drug-likeness (QED) is 0.314. The highest BCUT2D eigenvalue weighted by Crippen LogP contribution is 2.43. The summed E-state index contributed by atoms with van der Waals surface area (Å²) in [6.07, 6.45) is 1.87. The van der Waals surface area contributed by atoms with Gasteiger partial charge in [0.05, 0.1) is 17.1 Å². The van der Waals surface area contributed by atoms with Gasteiger partial charge in [0.2, 0.25) is 0 Å². The molecule has 6 heteroatoms. The van der Waals surface area contributed by atoms with Crippen LogP contribution >= 0.6 is 11.8 Å². The molecule has 1 aliphatic rings. The van der Waals surface area contributed by atoms with E-state index in [0.717, 1.165) is 21.6 Å². The van der Waals surface area contributed by atoms with Crippen LogP contribution in [0.5, 0.6) is 0 Å². The third-order valence-corrected chi connectivity index (χ3v) is 6.91. The van der Waals surface area contributed by atoms with E-state index in [4.69, 9.17) is 0 Å². The fourth-order valence-corrected chi connectivity index (χ4v) is 5.00. The van der Waals surface area contributed by atoms with Crippen molar-refractivity contribution < 1.29 is 14.0 Å².